The molecule has 4 nitrogen and oxygen atoms in total. The molecule has 6 heteroatoms. The third kappa shape index (κ3) is 9.52. The summed E-state index contributed by atoms with van der Waals surface area (Å²) in [6, 6.07) is 60.6. The molecule has 3 aromatic heterocycles. The van der Waals surface area contributed by atoms with E-state index in [1.54, 1.807) is 0 Å². The molecular formula is C66H65GeIrN3O-2. The van der Waals surface area contributed by atoms with Gasteiger partial charge in [0.2, 0.25) is 0 Å². The number of benzene rings is 8. The van der Waals surface area contributed by atoms with Crippen molar-refractivity contribution in [2.45, 2.75) is 103 Å². The first-order chi connectivity index (χ1) is 34.3. The first-order valence-electron chi connectivity index (χ1n) is 25.7. The molecule has 0 bridgehead atoms. The molecule has 0 aliphatic carbocycles. The quantitative estimate of drug-likeness (QED) is 0.0865. The van der Waals surface area contributed by atoms with Crippen molar-refractivity contribution in [2.75, 3.05) is 0 Å². The van der Waals surface area contributed by atoms with Crippen molar-refractivity contribution in [2.24, 2.45) is 0 Å². The van der Waals surface area contributed by atoms with Gasteiger partial charge >= 0.3 is 120 Å². The minimum Gasteiger partial charge on any atom is 0 e. The summed E-state index contributed by atoms with van der Waals surface area (Å²) in [6.07, 6.45) is 2.00. The Hall–Kier alpha value is -6.11. The third-order valence-electron chi connectivity index (χ3n) is 14.0. The van der Waals surface area contributed by atoms with Crippen molar-refractivity contribution < 1.29 is 25.9 Å². The van der Waals surface area contributed by atoms with E-state index in [1.165, 1.54) is 48.3 Å². The fourth-order valence-electron chi connectivity index (χ4n) is 10.2. The van der Waals surface area contributed by atoms with Crippen LogP contribution in [0.15, 0.2) is 162 Å². The Bertz CT molecular complexity index is 3790. The zero-order valence-electron chi connectivity index (χ0n) is 44.7. The van der Waals surface area contributed by atoms with Gasteiger partial charge in [0.15, 0.2) is 0 Å². The van der Waals surface area contributed by atoms with Crippen molar-refractivity contribution in [3.05, 3.63) is 192 Å². The van der Waals surface area contributed by atoms with E-state index in [1.807, 2.05) is 44.3 Å². The van der Waals surface area contributed by atoms with Crippen LogP contribution in [0, 0.1) is 12.1 Å². The van der Waals surface area contributed by atoms with Crippen LogP contribution in [0.25, 0.3) is 94.0 Å². The molecule has 0 saturated carbocycles. The van der Waals surface area contributed by atoms with Gasteiger partial charge in [0.05, 0.1) is 22.4 Å². The monoisotopic (exact) mass is 1180 g/mol. The van der Waals surface area contributed by atoms with Crippen LogP contribution in [0.4, 0.5) is 0 Å². The van der Waals surface area contributed by atoms with Crippen molar-refractivity contribution >= 4 is 72.2 Å². The van der Waals surface area contributed by atoms with Crippen LogP contribution in [-0.4, -0.2) is 27.8 Å². The summed E-state index contributed by atoms with van der Waals surface area (Å²) in [5, 5.41) is 7.00. The molecule has 365 valence electrons. The Morgan fingerprint density at radius 2 is 1.33 bits per heavy atom. The molecule has 0 aliphatic rings. The number of fused-ring (bicyclic) bond motifs is 7. The summed E-state index contributed by atoms with van der Waals surface area (Å²) in [4.78, 5) is 10.0. The molecule has 1 radical (unpaired) electrons. The van der Waals surface area contributed by atoms with Crippen molar-refractivity contribution in [1.82, 2.24) is 14.5 Å². The predicted octanol–water partition coefficient (Wildman–Crippen LogP) is 18.1. The number of imidazole rings is 1. The number of hydrogen-bond donors (Lipinski definition) is 0. The minimum atomic E-state index is -2.03. The normalized spacial score (nSPS) is 12.5. The molecule has 0 aliphatic heterocycles. The molecule has 0 spiro atoms. The predicted molar refractivity (Wildman–Crippen MR) is 306 cm³/mol. The first-order valence-corrected chi connectivity index (χ1v) is 32.5. The van der Waals surface area contributed by atoms with Gasteiger partial charge in [-0.1, -0.05) is 156 Å². The van der Waals surface area contributed by atoms with Gasteiger partial charge in [0, 0.05) is 31.2 Å². The molecular weight excluding hydrogens is 1120 g/mol. The third-order valence-corrected chi connectivity index (χ3v) is 18.2. The van der Waals surface area contributed by atoms with Gasteiger partial charge in [-0.2, -0.15) is 0 Å². The molecule has 3 heterocycles. The van der Waals surface area contributed by atoms with E-state index < -0.39 is 19.2 Å². The van der Waals surface area contributed by atoms with E-state index in [9.17, 15) is 0 Å². The average molecular weight is 1180 g/mol. The number of furan rings is 1. The van der Waals surface area contributed by atoms with Crippen LogP contribution in [0.3, 0.4) is 0 Å². The summed E-state index contributed by atoms with van der Waals surface area (Å²) in [6.45, 7) is 20.1. The van der Waals surface area contributed by atoms with Crippen molar-refractivity contribution in [1.29, 1.82) is 0 Å². The number of pyridine rings is 1. The van der Waals surface area contributed by atoms with Gasteiger partial charge in [-0.25, -0.2) is 0 Å². The van der Waals surface area contributed by atoms with Crippen LogP contribution in [0.1, 0.15) is 104 Å². The molecule has 0 N–H and O–H groups in total. The summed E-state index contributed by atoms with van der Waals surface area (Å²) in [5.41, 5.74) is 15.0. The molecule has 0 fully saturated rings. The van der Waals surface area contributed by atoms with Crippen LogP contribution in [-0.2, 0) is 25.5 Å². The zero-order chi connectivity index (χ0) is 50.9. The van der Waals surface area contributed by atoms with E-state index >= 15 is 0 Å². The van der Waals surface area contributed by atoms with Crippen LogP contribution < -0.4 is 4.40 Å². The fourth-order valence-corrected chi connectivity index (χ4v) is 13.5. The Balaban J connectivity index is 0.000000264. The fraction of sp³-hybridized carbons (Fsp3) is 0.242. The molecule has 11 aromatic rings. The van der Waals surface area contributed by atoms with Crippen LogP contribution >= 0.6 is 0 Å². The topological polar surface area (TPSA) is 43.9 Å². The van der Waals surface area contributed by atoms with Gasteiger partial charge in [0.25, 0.3) is 0 Å². The number of rotatable bonds is 8. The molecule has 0 amide bonds. The average Bonchev–Trinajstić information content (AvgIpc) is 3.93. The zero-order valence-corrected chi connectivity index (χ0v) is 48.2. The van der Waals surface area contributed by atoms with E-state index in [0.29, 0.717) is 11.8 Å². The Morgan fingerprint density at radius 3 is 2.00 bits per heavy atom. The largest absolute Gasteiger partial charge is 0 e. The van der Waals surface area contributed by atoms with E-state index in [-0.39, 0.29) is 25.5 Å². The number of nitrogens with zero attached hydrogens (tertiary/aromatic N) is 3. The summed E-state index contributed by atoms with van der Waals surface area (Å²) < 4.78 is 19.2. The molecule has 0 atom stereocenters. The first kappa shape index (κ1) is 49.5. The molecule has 8 aromatic carbocycles. The maximum Gasteiger partial charge on any atom is 0 e. The summed E-state index contributed by atoms with van der Waals surface area (Å²) >= 11 is -2.03. The van der Waals surface area contributed by atoms with Crippen LogP contribution in [0.5, 0.6) is 0 Å². The van der Waals surface area contributed by atoms with Gasteiger partial charge in [0.1, 0.15) is 5.58 Å². The van der Waals surface area contributed by atoms with Gasteiger partial charge < -0.3 is 8.98 Å². The molecule has 0 unspecified atom stereocenters. The standard InChI is InChI=1S/C49H43N2O.C17H22GeN.Ir/c1-29(2)38-26-34(49(5,6)7)27-39(30(3)4)46(38)51-43-20-14-13-19-42(43)50-48(51)37-24-23-36(31-15-9-8-10-16-31)45-41-25-33-22-21-32-17-11-12-18-35(32)40(33)28-44(41)52-47(37)45;1-13(2)15-11-17(14-9-7-6-8-10-14)19-12-16(15)18(3,4)5;/h8-23,25-30H,1-7H3;6-9,11-13H,1-5H3;/q2*-1;/i;13D;. The Labute approximate surface area is 444 Å². The van der Waals surface area contributed by atoms with Gasteiger partial charge in [-0.3, -0.25) is 4.98 Å². The minimum absolute atomic E-state index is 0. The maximum atomic E-state index is 8.44. The Kier molecular flexibility index (Phi) is 13.8. The van der Waals surface area contributed by atoms with Crippen LogP contribution in [0.2, 0.25) is 17.3 Å². The van der Waals surface area contributed by atoms with E-state index in [4.69, 9.17) is 10.8 Å². The van der Waals surface area contributed by atoms with E-state index in [0.717, 1.165) is 72.3 Å². The maximum absolute atomic E-state index is 8.44. The molecule has 72 heavy (non-hydrogen) atoms. The number of hydrogen-bond acceptors (Lipinski definition) is 3. The molecule has 11 rings (SSSR count). The Morgan fingerprint density at radius 1 is 0.667 bits per heavy atom. The van der Waals surface area contributed by atoms with Gasteiger partial charge in [-0.05, 0) is 85.1 Å². The summed E-state index contributed by atoms with van der Waals surface area (Å²) in [7, 11) is 0. The number of aromatic nitrogens is 3. The van der Waals surface area contributed by atoms with Crippen molar-refractivity contribution in [3.63, 3.8) is 0 Å². The SMILES string of the molecule is CC(C)c1cc(C(C)(C)C)cc(C(C)C)c1-n1c(-c2[c-]cc(-c3ccccc3)c3c2oc2cc4c(ccc5ccccc54)cc23)nc2ccccc21.[2H]C(C)(C)c1cc(-c2[c-]cccc2)nc[c]1[Ge]([CH3])([CH3])[CH3].[Ir]. The molecule has 0 saturated heterocycles. The second kappa shape index (κ2) is 20.1. The van der Waals surface area contributed by atoms with Crippen molar-refractivity contribution in [3.8, 4) is 39.5 Å². The number of para-hydroxylation sites is 2. The second-order valence-corrected chi connectivity index (χ2v) is 32.6. The second-order valence-electron chi connectivity index (χ2n) is 22.1. The smallest absolute Gasteiger partial charge is 0 e. The summed E-state index contributed by atoms with van der Waals surface area (Å²) in [5.74, 6) is 7.87. The van der Waals surface area contributed by atoms with Gasteiger partial charge in [-0.15, -0.1) is 12.1 Å². The van der Waals surface area contributed by atoms with E-state index in [2.05, 4.69) is 215 Å².